The van der Waals surface area contributed by atoms with E-state index < -0.39 is 5.76 Å². The molecule has 7 nitrogen and oxygen atoms in total. The van der Waals surface area contributed by atoms with Gasteiger partial charge in [0, 0.05) is 23.5 Å². The number of rotatable bonds is 6. The molecule has 0 aliphatic heterocycles. The van der Waals surface area contributed by atoms with Crippen molar-refractivity contribution in [3.8, 4) is 11.7 Å². The Morgan fingerprint density at radius 2 is 1.93 bits per heavy atom. The maximum atomic E-state index is 13.1. The highest BCUT2D eigenvalue weighted by Crippen LogP contribution is 2.19. The smallest absolute Gasteiger partial charge is 0.437 e. The van der Waals surface area contributed by atoms with Gasteiger partial charge < -0.3 is 13.4 Å². The lowest BCUT2D eigenvalue weighted by Crippen LogP contribution is -2.22. The first-order valence-corrected chi connectivity index (χ1v) is 8.98. The molecule has 8 heteroatoms. The quantitative estimate of drug-likeness (QED) is 0.466. The molecule has 0 saturated heterocycles. The standard InChI is InChI=1S/C21H18FN3O4/c1-13-10-17(14(2)24(13)11-15-5-7-16(22)8-6-15)18(26)12-25-21(27)29-20(23-25)19-4-3-9-28-19/h3-10H,11-12H2,1-2H3. The first-order valence-electron chi connectivity index (χ1n) is 8.98. The number of carbonyl (C=O) groups is 1. The molecule has 1 aromatic carbocycles. The van der Waals surface area contributed by atoms with Crippen molar-refractivity contribution in [2.45, 2.75) is 26.9 Å². The Bertz CT molecular complexity index is 1210. The van der Waals surface area contributed by atoms with Crippen molar-refractivity contribution in [2.75, 3.05) is 0 Å². The van der Waals surface area contributed by atoms with Crippen LogP contribution in [0.5, 0.6) is 0 Å². The van der Waals surface area contributed by atoms with E-state index in [0.717, 1.165) is 21.6 Å². The van der Waals surface area contributed by atoms with E-state index in [4.69, 9.17) is 8.83 Å². The van der Waals surface area contributed by atoms with Gasteiger partial charge in [-0.15, -0.1) is 5.10 Å². The number of Topliss-reactive ketones (excluding diaryl/α,β-unsaturated/α-hetero) is 1. The normalized spacial score (nSPS) is 11.1. The predicted molar refractivity (Wildman–Crippen MR) is 102 cm³/mol. The minimum absolute atomic E-state index is 0.0228. The highest BCUT2D eigenvalue weighted by Gasteiger charge is 2.20. The third-order valence-corrected chi connectivity index (χ3v) is 4.76. The summed E-state index contributed by atoms with van der Waals surface area (Å²) in [6.07, 6.45) is 1.44. The summed E-state index contributed by atoms with van der Waals surface area (Å²) in [5.41, 5.74) is 3.07. The maximum Gasteiger partial charge on any atom is 0.437 e. The summed E-state index contributed by atoms with van der Waals surface area (Å²) in [6, 6.07) is 11.3. The van der Waals surface area contributed by atoms with Crippen LogP contribution in [0.25, 0.3) is 11.7 Å². The number of nitrogens with zero attached hydrogens (tertiary/aromatic N) is 3. The zero-order chi connectivity index (χ0) is 20.5. The Kier molecular flexibility index (Phi) is 4.75. The summed E-state index contributed by atoms with van der Waals surface area (Å²) in [5, 5.41) is 4.03. The SMILES string of the molecule is Cc1cc(C(=O)Cn2nc(-c3ccco3)oc2=O)c(C)n1Cc1ccc(F)cc1. The Hall–Kier alpha value is -3.68. The molecule has 4 rings (SSSR count). The largest absolute Gasteiger partial charge is 0.459 e. The predicted octanol–water partition coefficient (Wildman–Crippen LogP) is 3.58. The molecule has 0 fully saturated rings. The molecule has 0 atom stereocenters. The second-order valence-electron chi connectivity index (χ2n) is 6.73. The number of aryl methyl sites for hydroxylation is 1. The van der Waals surface area contributed by atoms with E-state index in [2.05, 4.69) is 5.10 Å². The highest BCUT2D eigenvalue weighted by molar-refractivity contribution is 5.97. The highest BCUT2D eigenvalue weighted by atomic mass is 19.1. The van der Waals surface area contributed by atoms with Crippen molar-refractivity contribution in [3.63, 3.8) is 0 Å². The fourth-order valence-electron chi connectivity index (χ4n) is 3.23. The van der Waals surface area contributed by atoms with Gasteiger partial charge in [0.2, 0.25) is 0 Å². The van der Waals surface area contributed by atoms with Gasteiger partial charge in [0.1, 0.15) is 12.4 Å². The zero-order valence-electron chi connectivity index (χ0n) is 15.9. The van der Waals surface area contributed by atoms with Gasteiger partial charge >= 0.3 is 5.76 Å². The lowest BCUT2D eigenvalue weighted by Gasteiger charge is -2.10. The Morgan fingerprint density at radius 1 is 1.17 bits per heavy atom. The van der Waals surface area contributed by atoms with Crippen LogP contribution in [-0.2, 0) is 13.1 Å². The second kappa shape index (κ2) is 7.38. The molecular weight excluding hydrogens is 377 g/mol. The third-order valence-electron chi connectivity index (χ3n) is 4.76. The minimum Gasteiger partial charge on any atom is -0.459 e. The number of aromatic nitrogens is 3. The van der Waals surface area contributed by atoms with E-state index in [-0.39, 0.29) is 24.0 Å². The summed E-state index contributed by atoms with van der Waals surface area (Å²) >= 11 is 0. The van der Waals surface area contributed by atoms with Crippen LogP contribution in [0.4, 0.5) is 4.39 Å². The molecule has 0 aliphatic carbocycles. The molecule has 0 amide bonds. The van der Waals surface area contributed by atoms with Gasteiger partial charge in [-0.3, -0.25) is 4.79 Å². The van der Waals surface area contributed by atoms with Gasteiger partial charge in [0.15, 0.2) is 11.5 Å². The summed E-state index contributed by atoms with van der Waals surface area (Å²) < 4.78 is 26.3. The topological polar surface area (TPSA) is 83.2 Å². The molecule has 148 valence electrons. The monoisotopic (exact) mass is 395 g/mol. The average Bonchev–Trinajstić information content (AvgIpc) is 3.40. The molecule has 0 unspecified atom stereocenters. The van der Waals surface area contributed by atoms with Gasteiger partial charge in [0.25, 0.3) is 5.89 Å². The van der Waals surface area contributed by atoms with E-state index in [9.17, 15) is 14.0 Å². The van der Waals surface area contributed by atoms with Crippen LogP contribution in [0.1, 0.15) is 27.3 Å². The summed E-state index contributed by atoms with van der Waals surface area (Å²) in [4.78, 5) is 24.8. The summed E-state index contributed by atoms with van der Waals surface area (Å²) in [7, 11) is 0. The molecule has 4 aromatic rings. The molecule has 0 spiro atoms. The van der Waals surface area contributed by atoms with Gasteiger partial charge in [-0.05, 0) is 49.7 Å². The lowest BCUT2D eigenvalue weighted by molar-refractivity contribution is 0.0964. The van der Waals surface area contributed by atoms with E-state index in [1.54, 1.807) is 30.3 Å². The van der Waals surface area contributed by atoms with Gasteiger partial charge in [-0.25, -0.2) is 9.18 Å². The van der Waals surface area contributed by atoms with Crippen molar-refractivity contribution in [3.05, 3.63) is 87.6 Å². The Labute approximate surface area is 165 Å². The van der Waals surface area contributed by atoms with Gasteiger partial charge in [-0.2, -0.15) is 4.68 Å². The summed E-state index contributed by atoms with van der Waals surface area (Å²) in [5.74, 6) is -0.951. The van der Waals surface area contributed by atoms with Crippen molar-refractivity contribution >= 4 is 5.78 Å². The molecule has 0 N–H and O–H groups in total. The summed E-state index contributed by atoms with van der Waals surface area (Å²) in [6.45, 7) is 4.00. The number of halogens is 1. The average molecular weight is 395 g/mol. The first kappa shape index (κ1) is 18.7. The molecule has 3 heterocycles. The van der Waals surface area contributed by atoms with Crippen LogP contribution in [0.15, 0.2) is 62.4 Å². The van der Waals surface area contributed by atoms with Crippen LogP contribution < -0.4 is 5.76 Å². The fraction of sp³-hybridized carbons (Fsp3) is 0.190. The molecule has 3 aromatic heterocycles. The van der Waals surface area contributed by atoms with Crippen LogP contribution >= 0.6 is 0 Å². The number of hydrogen-bond donors (Lipinski definition) is 0. The number of ketones is 1. The van der Waals surface area contributed by atoms with Crippen molar-refractivity contribution in [1.82, 2.24) is 14.3 Å². The third kappa shape index (κ3) is 3.69. The molecule has 29 heavy (non-hydrogen) atoms. The van der Waals surface area contributed by atoms with Crippen molar-refractivity contribution in [2.24, 2.45) is 0 Å². The first-order chi connectivity index (χ1) is 13.9. The van der Waals surface area contributed by atoms with Gasteiger partial charge in [0.05, 0.1) is 6.26 Å². The molecule has 0 saturated carbocycles. The van der Waals surface area contributed by atoms with Crippen molar-refractivity contribution in [1.29, 1.82) is 0 Å². The van der Waals surface area contributed by atoms with E-state index >= 15 is 0 Å². The lowest BCUT2D eigenvalue weighted by atomic mass is 10.1. The Balaban J connectivity index is 1.57. The Morgan fingerprint density at radius 3 is 2.62 bits per heavy atom. The zero-order valence-corrected chi connectivity index (χ0v) is 15.9. The van der Waals surface area contributed by atoms with Crippen LogP contribution in [0.3, 0.4) is 0 Å². The molecule has 0 bridgehead atoms. The van der Waals surface area contributed by atoms with Crippen LogP contribution in [0.2, 0.25) is 0 Å². The van der Waals surface area contributed by atoms with E-state index in [1.807, 2.05) is 18.4 Å². The van der Waals surface area contributed by atoms with Crippen LogP contribution in [0, 0.1) is 19.7 Å². The molecular formula is C21H18FN3O4. The number of benzene rings is 1. The van der Waals surface area contributed by atoms with Crippen molar-refractivity contribution < 1.29 is 18.0 Å². The number of hydrogen-bond acceptors (Lipinski definition) is 5. The fourth-order valence-corrected chi connectivity index (χ4v) is 3.23. The van der Waals surface area contributed by atoms with E-state index in [0.29, 0.717) is 17.9 Å². The molecule has 0 aliphatic rings. The van der Waals surface area contributed by atoms with Gasteiger partial charge in [-0.1, -0.05) is 12.1 Å². The second-order valence-corrected chi connectivity index (χ2v) is 6.73. The van der Waals surface area contributed by atoms with E-state index in [1.165, 1.54) is 18.4 Å². The van der Waals surface area contributed by atoms with Crippen LogP contribution in [-0.4, -0.2) is 20.1 Å². The minimum atomic E-state index is -0.732. The number of carbonyl (C=O) groups excluding carboxylic acids is 1. The maximum absolute atomic E-state index is 13.1. The molecule has 0 radical (unpaired) electrons. The number of furan rings is 1.